The third-order valence-electron chi connectivity index (χ3n) is 12.5. The van der Waals surface area contributed by atoms with Crippen molar-refractivity contribution in [2.75, 3.05) is 4.90 Å². The van der Waals surface area contributed by atoms with Gasteiger partial charge in [0.2, 0.25) is 0 Å². The van der Waals surface area contributed by atoms with Crippen molar-refractivity contribution < 1.29 is 4.42 Å². The summed E-state index contributed by atoms with van der Waals surface area (Å²) < 4.78 is 7.19. The van der Waals surface area contributed by atoms with Crippen LogP contribution >= 0.6 is 0 Å². The molecule has 0 aliphatic heterocycles. The predicted octanol–water partition coefficient (Wildman–Crippen LogP) is 17.2. The molecular weight excluding hydrogens is 751 g/mol. The zero-order chi connectivity index (χ0) is 41.0. The van der Waals surface area contributed by atoms with Crippen LogP contribution in [0.5, 0.6) is 0 Å². The van der Waals surface area contributed by atoms with Gasteiger partial charge in [-0.1, -0.05) is 188 Å². The second kappa shape index (κ2) is 14.8. The van der Waals surface area contributed by atoms with Crippen molar-refractivity contribution in [2.24, 2.45) is 0 Å². The van der Waals surface area contributed by atoms with E-state index in [1.165, 1.54) is 49.2 Å². The molecule has 1 heterocycles. The summed E-state index contributed by atoms with van der Waals surface area (Å²) in [5.41, 5.74) is 14.3. The smallest absolute Gasteiger partial charge is 0.143 e. The van der Waals surface area contributed by atoms with Crippen molar-refractivity contribution in [3.05, 3.63) is 237 Å². The molecule has 2 nitrogen and oxygen atoms in total. The number of benzene rings is 11. The minimum absolute atomic E-state index is 0.900. The second-order valence-corrected chi connectivity index (χ2v) is 16.0. The molecule has 1 aromatic heterocycles. The van der Waals surface area contributed by atoms with Gasteiger partial charge in [0.25, 0.3) is 0 Å². The maximum absolute atomic E-state index is 7.19. The Hall–Kier alpha value is -8.20. The summed E-state index contributed by atoms with van der Waals surface area (Å²) in [4.78, 5) is 2.35. The third-order valence-corrected chi connectivity index (χ3v) is 12.5. The van der Waals surface area contributed by atoms with Crippen LogP contribution < -0.4 is 4.90 Å². The average Bonchev–Trinajstić information content (AvgIpc) is 3.77. The van der Waals surface area contributed by atoms with Crippen LogP contribution in [-0.4, -0.2) is 0 Å². The molecule has 290 valence electrons. The zero-order valence-corrected chi connectivity index (χ0v) is 33.9. The van der Waals surface area contributed by atoms with Crippen molar-refractivity contribution in [3.8, 4) is 44.5 Å². The molecule has 12 aromatic rings. The summed E-state index contributed by atoms with van der Waals surface area (Å²) in [5, 5.41) is 9.44. The molecular formula is C60H39NO. The molecule has 0 N–H and O–H groups in total. The summed E-state index contributed by atoms with van der Waals surface area (Å²) in [5.74, 6) is 0. The number of nitrogens with zero attached hydrogens (tertiary/aromatic N) is 1. The number of anilines is 3. The summed E-state index contributed by atoms with van der Waals surface area (Å²) in [6.07, 6.45) is 0. The molecule has 0 unspecified atom stereocenters. The van der Waals surface area contributed by atoms with E-state index in [1.807, 2.05) is 0 Å². The van der Waals surface area contributed by atoms with Gasteiger partial charge in [-0.2, -0.15) is 0 Å². The summed E-state index contributed by atoms with van der Waals surface area (Å²) in [6.45, 7) is 0. The van der Waals surface area contributed by atoms with E-state index in [4.69, 9.17) is 4.42 Å². The Morgan fingerprint density at radius 1 is 0.258 bits per heavy atom. The molecule has 0 atom stereocenters. The molecule has 0 aliphatic rings. The van der Waals surface area contributed by atoms with Gasteiger partial charge in [0.1, 0.15) is 11.2 Å². The van der Waals surface area contributed by atoms with Gasteiger partial charge in [-0.3, -0.25) is 0 Å². The predicted molar refractivity (Wildman–Crippen MR) is 263 cm³/mol. The molecule has 11 aromatic carbocycles. The summed E-state index contributed by atoms with van der Waals surface area (Å²) in [6, 6.07) is 85.2. The fourth-order valence-electron chi connectivity index (χ4n) is 9.43. The van der Waals surface area contributed by atoms with Crippen LogP contribution in [-0.2, 0) is 0 Å². The van der Waals surface area contributed by atoms with Crippen LogP contribution in [0.15, 0.2) is 241 Å². The van der Waals surface area contributed by atoms with Crippen molar-refractivity contribution in [3.63, 3.8) is 0 Å². The van der Waals surface area contributed by atoms with E-state index in [2.05, 4.69) is 241 Å². The summed E-state index contributed by atoms with van der Waals surface area (Å²) in [7, 11) is 0. The van der Waals surface area contributed by atoms with Crippen molar-refractivity contribution in [2.45, 2.75) is 0 Å². The molecule has 62 heavy (non-hydrogen) atoms. The van der Waals surface area contributed by atoms with Crippen molar-refractivity contribution in [1.29, 1.82) is 0 Å². The lowest BCUT2D eigenvalue weighted by molar-refractivity contribution is 0.674. The number of hydrogen-bond acceptors (Lipinski definition) is 2. The zero-order valence-electron chi connectivity index (χ0n) is 33.9. The van der Waals surface area contributed by atoms with Gasteiger partial charge >= 0.3 is 0 Å². The Morgan fingerprint density at radius 2 is 0.694 bits per heavy atom. The van der Waals surface area contributed by atoms with Crippen LogP contribution in [0.25, 0.3) is 98.8 Å². The first kappa shape index (κ1) is 35.7. The molecule has 0 bridgehead atoms. The summed E-state index contributed by atoms with van der Waals surface area (Å²) >= 11 is 0. The number of fused-ring (bicyclic) bond motifs is 9. The largest absolute Gasteiger partial charge is 0.455 e. The van der Waals surface area contributed by atoms with Gasteiger partial charge in [-0.25, -0.2) is 0 Å². The molecule has 0 fully saturated rings. The lowest BCUT2D eigenvalue weighted by atomic mass is 9.91. The first-order valence-electron chi connectivity index (χ1n) is 21.2. The van der Waals surface area contributed by atoms with Crippen LogP contribution in [0.1, 0.15) is 0 Å². The van der Waals surface area contributed by atoms with E-state index in [0.29, 0.717) is 0 Å². The molecule has 12 rings (SSSR count). The Morgan fingerprint density at radius 3 is 1.29 bits per heavy atom. The molecule has 0 spiro atoms. The van der Waals surface area contributed by atoms with Gasteiger partial charge < -0.3 is 9.32 Å². The fourth-order valence-corrected chi connectivity index (χ4v) is 9.43. The van der Waals surface area contributed by atoms with Crippen LogP contribution in [0.4, 0.5) is 17.1 Å². The molecule has 0 aliphatic carbocycles. The van der Waals surface area contributed by atoms with E-state index < -0.39 is 0 Å². The Labute approximate surface area is 360 Å². The van der Waals surface area contributed by atoms with Gasteiger partial charge in [0.05, 0.1) is 0 Å². The topological polar surface area (TPSA) is 16.4 Å². The fraction of sp³-hybridized carbons (Fsp3) is 0. The molecule has 2 heteroatoms. The normalized spacial score (nSPS) is 11.5. The molecule has 0 radical (unpaired) electrons. The number of rotatable bonds is 7. The second-order valence-electron chi connectivity index (χ2n) is 16.0. The van der Waals surface area contributed by atoms with Crippen LogP contribution in [0.3, 0.4) is 0 Å². The molecule has 0 saturated carbocycles. The highest BCUT2D eigenvalue weighted by atomic mass is 16.3. The lowest BCUT2D eigenvalue weighted by Gasteiger charge is -2.26. The van der Waals surface area contributed by atoms with Crippen molar-refractivity contribution >= 4 is 71.3 Å². The van der Waals surface area contributed by atoms with Gasteiger partial charge in [0, 0.05) is 38.8 Å². The highest BCUT2D eigenvalue weighted by Crippen LogP contribution is 2.48. The number of hydrogen-bond donors (Lipinski definition) is 0. The molecule has 0 amide bonds. The highest BCUT2D eigenvalue weighted by molar-refractivity contribution is 6.33. The van der Waals surface area contributed by atoms with Crippen LogP contribution in [0, 0.1) is 0 Å². The first-order valence-corrected chi connectivity index (χ1v) is 21.2. The van der Waals surface area contributed by atoms with Gasteiger partial charge in [0.15, 0.2) is 0 Å². The van der Waals surface area contributed by atoms with E-state index >= 15 is 0 Å². The maximum atomic E-state index is 7.19. The average molecular weight is 790 g/mol. The molecule has 0 saturated heterocycles. The minimum Gasteiger partial charge on any atom is -0.455 e. The highest BCUT2D eigenvalue weighted by Gasteiger charge is 2.22. The SMILES string of the molecule is c1ccc(-c2ccc(N(c3ccc(-c4ccccc4)cc3)c3ccc(-c4ccc(-c5ccc6ccccc6c5)c5oc6c7ccccc7c7ccccc7c6c45)cc3)cc2)cc1. The van der Waals surface area contributed by atoms with E-state index in [0.717, 1.165) is 66.6 Å². The van der Waals surface area contributed by atoms with Gasteiger partial charge in [-0.05, 0) is 114 Å². The Kier molecular flexibility index (Phi) is 8.53. The standard InChI is InChI=1S/C60H39NO/c1-3-13-40(14-4-1)43-25-31-48(32-26-43)61(49-33-27-44(28-34-49)41-15-5-2-6-16-41)50-35-29-45(30-36-50)51-37-38-52(47-24-23-42-17-7-8-18-46(42)39-47)59-57(51)58-55-21-11-9-19-53(55)54-20-10-12-22-56(54)60(58)62-59/h1-39H. The van der Waals surface area contributed by atoms with Gasteiger partial charge in [-0.15, -0.1) is 0 Å². The Balaban J connectivity index is 1.04. The van der Waals surface area contributed by atoms with E-state index in [1.54, 1.807) is 0 Å². The van der Waals surface area contributed by atoms with E-state index in [9.17, 15) is 0 Å². The first-order chi connectivity index (χ1) is 30.7. The third kappa shape index (κ3) is 6.04. The maximum Gasteiger partial charge on any atom is 0.143 e. The quantitative estimate of drug-likeness (QED) is 0.150. The minimum atomic E-state index is 0.900. The Bertz CT molecular complexity index is 3510. The van der Waals surface area contributed by atoms with Crippen LogP contribution in [0.2, 0.25) is 0 Å². The van der Waals surface area contributed by atoms with E-state index in [-0.39, 0.29) is 0 Å². The van der Waals surface area contributed by atoms with Crippen molar-refractivity contribution in [1.82, 2.24) is 0 Å². The lowest BCUT2D eigenvalue weighted by Crippen LogP contribution is -2.09. The number of furan rings is 1. The monoisotopic (exact) mass is 789 g/mol.